The van der Waals surface area contributed by atoms with Crippen LogP contribution in [0.3, 0.4) is 0 Å². The summed E-state index contributed by atoms with van der Waals surface area (Å²) in [5.74, 6) is -0.0680. The highest BCUT2D eigenvalue weighted by Crippen LogP contribution is 2.18. The normalized spacial score (nSPS) is 13.0. The average molecular weight is 941 g/mol. The third kappa shape index (κ3) is 55.4. The molecule has 0 saturated carbocycles. The van der Waals surface area contributed by atoms with Crippen LogP contribution in [0.1, 0.15) is 341 Å². The summed E-state index contributed by atoms with van der Waals surface area (Å²) < 4.78 is 0. The summed E-state index contributed by atoms with van der Waals surface area (Å²) in [6.45, 7) is 4.34. The molecule has 0 radical (unpaired) electrons. The molecule has 3 N–H and O–H groups in total. The number of rotatable bonds is 57. The molecule has 2 unspecified atom stereocenters. The number of nitrogens with one attached hydrogen (secondary N) is 1. The highest BCUT2D eigenvalue weighted by Gasteiger charge is 2.18. The molecule has 4 nitrogen and oxygen atoms in total. The van der Waals surface area contributed by atoms with Crippen LogP contribution >= 0.6 is 0 Å². The third-order valence-electron chi connectivity index (χ3n) is 14.3. The molecule has 0 aromatic carbocycles. The molecule has 4 heteroatoms. The number of allylic oxidation sites excluding steroid dienone is 5. The molecular formula is C63H121NO3. The van der Waals surface area contributed by atoms with Gasteiger partial charge >= 0.3 is 0 Å². The predicted octanol–water partition coefficient (Wildman–Crippen LogP) is 20.4. The second-order valence-electron chi connectivity index (χ2n) is 21.1. The zero-order chi connectivity index (χ0) is 48.5. The maximum Gasteiger partial charge on any atom is 0.220 e. The quantitative estimate of drug-likeness (QED) is 0.0420. The van der Waals surface area contributed by atoms with Gasteiger partial charge in [-0.25, -0.2) is 0 Å². The molecule has 0 rings (SSSR count). The van der Waals surface area contributed by atoms with Gasteiger partial charge in [-0.05, 0) is 57.8 Å². The molecule has 0 saturated heterocycles. The summed E-state index contributed by atoms with van der Waals surface area (Å²) in [5.41, 5.74) is 0. The van der Waals surface area contributed by atoms with Crippen molar-refractivity contribution in [3.63, 3.8) is 0 Å². The van der Waals surface area contributed by atoms with Crippen molar-refractivity contribution in [1.29, 1.82) is 0 Å². The van der Waals surface area contributed by atoms with Gasteiger partial charge < -0.3 is 15.5 Å². The van der Waals surface area contributed by atoms with Gasteiger partial charge in [0.05, 0.1) is 18.8 Å². The van der Waals surface area contributed by atoms with Crippen molar-refractivity contribution in [2.45, 2.75) is 353 Å². The van der Waals surface area contributed by atoms with Crippen molar-refractivity contribution in [1.82, 2.24) is 5.32 Å². The topological polar surface area (TPSA) is 69.6 Å². The molecule has 2 atom stereocenters. The van der Waals surface area contributed by atoms with Gasteiger partial charge in [0.25, 0.3) is 0 Å². The zero-order valence-electron chi connectivity index (χ0n) is 45.7. The summed E-state index contributed by atoms with van der Waals surface area (Å²) >= 11 is 0. The fraction of sp³-hybridized carbons (Fsp3) is 0.889. The van der Waals surface area contributed by atoms with Crippen molar-refractivity contribution < 1.29 is 15.0 Å². The van der Waals surface area contributed by atoms with Gasteiger partial charge in [0.15, 0.2) is 0 Å². The monoisotopic (exact) mass is 940 g/mol. The molecule has 0 fully saturated rings. The van der Waals surface area contributed by atoms with Crippen LogP contribution in [0.4, 0.5) is 0 Å². The molecule has 0 spiro atoms. The first-order chi connectivity index (χ1) is 33.2. The van der Waals surface area contributed by atoms with E-state index in [0.29, 0.717) is 6.42 Å². The van der Waals surface area contributed by atoms with Crippen molar-refractivity contribution in [3.05, 3.63) is 36.5 Å². The fourth-order valence-corrected chi connectivity index (χ4v) is 9.66. The van der Waals surface area contributed by atoms with E-state index >= 15 is 0 Å². The first kappa shape index (κ1) is 65.6. The average Bonchev–Trinajstić information content (AvgIpc) is 3.33. The highest BCUT2D eigenvalue weighted by atomic mass is 16.3. The lowest BCUT2D eigenvalue weighted by Gasteiger charge is -2.19. The number of carbonyl (C=O) groups is 1. The Morgan fingerprint density at radius 2 is 0.582 bits per heavy atom. The molecule has 0 aliphatic heterocycles. The van der Waals surface area contributed by atoms with E-state index in [1.165, 1.54) is 289 Å². The smallest absolute Gasteiger partial charge is 0.220 e. The summed E-state index contributed by atoms with van der Waals surface area (Å²) in [6.07, 6.45) is 80.5. The second kappa shape index (κ2) is 58.9. The number of aliphatic hydroxyl groups is 2. The number of amides is 1. The van der Waals surface area contributed by atoms with Crippen LogP contribution in [-0.4, -0.2) is 34.9 Å². The van der Waals surface area contributed by atoms with Gasteiger partial charge in [-0.15, -0.1) is 0 Å². The van der Waals surface area contributed by atoms with Gasteiger partial charge in [0.2, 0.25) is 5.91 Å². The standard InChI is InChI=1S/C63H121NO3/c1-3-5-7-9-11-13-15-17-19-21-23-25-27-29-30-31-32-33-34-35-37-39-41-43-45-47-49-51-53-55-57-59-63(67)64-61(60-65)62(66)58-56-54-52-50-48-46-44-42-40-38-36-28-26-24-22-20-18-16-14-12-10-8-6-4-2/h29-30,48,50,56,58,61-62,65-66H,3-28,31-47,49,51-55,57,59-60H2,1-2H3,(H,64,67)/b30-29-,50-48+,58-56+. The zero-order valence-corrected chi connectivity index (χ0v) is 45.7. The van der Waals surface area contributed by atoms with Crippen molar-refractivity contribution >= 4 is 5.91 Å². The Balaban J connectivity index is 3.48. The summed E-state index contributed by atoms with van der Waals surface area (Å²) in [5, 5.41) is 23.2. The molecule has 67 heavy (non-hydrogen) atoms. The summed E-state index contributed by atoms with van der Waals surface area (Å²) in [7, 11) is 0. The van der Waals surface area contributed by atoms with E-state index in [4.69, 9.17) is 0 Å². The van der Waals surface area contributed by atoms with E-state index in [1.807, 2.05) is 6.08 Å². The minimum Gasteiger partial charge on any atom is -0.394 e. The van der Waals surface area contributed by atoms with E-state index in [1.54, 1.807) is 6.08 Å². The summed E-state index contributed by atoms with van der Waals surface area (Å²) in [6, 6.07) is -0.639. The Morgan fingerprint density at radius 1 is 0.343 bits per heavy atom. The van der Waals surface area contributed by atoms with Gasteiger partial charge in [-0.3, -0.25) is 4.79 Å². The third-order valence-corrected chi connectivity index (χ3v) is 14.3. The largest absolute Gasteiger partial charge is 0.394 e. The molecule has 396 valence electrons. The molecule has 0 aromatic heterocycles. The number of aliphatic hydroxyl groups excluding tert-OH is 2. The molecule has 0 aromatic rings. The Hall–Kier alpha value is -1.39. The minimum atomic E-state index is -0.862. The number of hydrogen-bond acceptors (Lipinski definition) is 3. The molecule has 0 aliphatic rings. The van der Waals surface area contributed by atoms with Crippen LogP contribution in [0.25, 0.3) is 0 Å². The maximum absolute atomic E-state index is 12.5. The Morgan fingerprint density at radius 3 is 0.866 bits per heavy atom. The fourth-order valence-electron chi connectivity index (χ4n) is 9.66. The molecule has 0 aliphatic carbocycles. The number of carbonyl (C=O) groups excluding carboxylic acids is 1. The van der Waals surface area contributed by atoms with E-state index in [-0.39, 0.29) is 12.5 Å². The number of unbranched alkanes of at least 4 members (excludes halogenated alkanes) is 46. The van der Waals surface area contributed by atoms with Gasteiger partial charge in [-0.1, -0.05) is 314 Å². The molecular weight excluding hydrogens is 819 g/mol. The number of hydrogen-bond donors (Lipinski definition) is 3. The Labute approximate surface area is 421 Å². The van der Waals surface area contributed by atoms with Gasteiger partial charge in [0, 0.05) is 6.42 Å². The Bertz CT molecular complexity index is 1020. The van der Waals surface area contributed by atoms with Gasteiger partial charge in [0.1, 0.15) is 0 Å². The highest BCUT2D eigenvalue weighted by molar-refractivity contribution is 5.76. The van der Waals surface area contributed by atoms with Crippen molar-refractivity contribution in [3.8, 4) is 0 Å². The van der Waals surface area contributed by atoms with Crippen LogP contribution in [0.5, 0.6) is 0 Å². The first-order valence-corrected chi connectivity index (χ1v) is 30.7. The van der Waals surface area contributed by atoms with Crippen LogP contribution in [-0.2, 0) is 4.79 Å². The minimum absolute atomic E-state index is 0.0680. The van der Waals surface area contributed by atoms with Crippen LogP contribution in [0.15, 0.2) is 36.5 Å². The lowest BCUT2D eigenvalue weighted by atomic mass is 10.0. The maximum atomic E-state index is 12.5. The predicted molar refractivity (Wildman–Crippen MR) is 299 cm³/mol. The summed E-state index contributed by atoms with van der Waals surface area (Å²) in [4.78, 5) is 12.5. The second-order valence-corrected chi connectivity index (χ2v) is 21.1. The van der Waals surface area contributed by atoms with Gasteiger partial charge in [-0.2, -0.15) is 0 Å². The van der Waals surface area contributed by atoms with Crippen molar-refractivity contribution in [2.24, 2.45) is 0 Å². The van der Waals surface area contributed by atoms with E-state index in [2.05, 4.69) is 43.5 Å². The molecule has 1 amide bonds. The lowest BCUT2D eigenvalue weighted by molar-refractivity contribution is -0.123. The Kier molecular flexibility index (Phi) is 57.7. The van der Waals surface area contributed by atoms with E-state index in [9.17, 15) is 15.0 Å². The molecule has 0 bridgehead atoms. The van der Waals surface area contributed by atoms with Crippen LogP contribution in [0, 0.1) is 0 Å². The van der Waals surface area contributed by atoms with Crippen molar-refractivity contribution in [2.75, 3.05) is 6.61 Å². The lowest BCUT2D eigenvalue weighted by Crippen LogP contribution is -2.45. The first-order valence-electron chi connectivity index (χ1n) is 30.7. The van der Waals surface area contributed by atoms with E-state index in [0.717, 1.165) is 32.1 Å². The molecule has 0 heterocycles. The van der Waals surface area contributed by atoms with E-state index < -0.39 is 12.1 Å². The SMILES string of the molecule is CCCCCCCCCCCCCC/C=C\CCCCCCCCCCCCCCCCCC(=O)NC(CO)C(O)/C=C/CC/C=C/CCCCCCCCCCCCCCCCCCCC. The van der Waals surface area contributed by atoms with Crippen LogP contribution < -0.4 is 5.32 Å². The van der Waals surface area contributed by atoms with Crippen LogP contribution in [0.2, 0.25) is 0 Å².